The van der Waals surface area contributed by atoms with Gasteiger partial charge in [0.1, 0.15) is 22.9 Å². The average molecular weight is 516 g/mol. The van der Waals surface area contributed by atoms with Gasteiger partial charge in [0, 0.05) is 25.0 Å². The van der Waals surface area contributed by atoms with Gasteiger partial charge in [-0.25, -0.2) is 14.6 Å². The molecule has 1 amide bonds. The average Bonchev–Trinajstić information content (AvgIpc) is 3.60. The van der Waals surface area contributed by atoms with Gasteiger partial charge in [0.05, 0.1) is 19.2 Å². The number of fused-ring (bicyclic) bond motifs is 1. The van der Waals surface area contributed by atoms with Gasteiger partial charge in [0.25, 0.3) is 11.5 Å². The molecule has 4 aromatic rings. The third-order valence-electron chi connectivity index (χ3n) is 5.19. The quantitative estimate of drug-likeness (QED) is 0.340. The van der Waals surface area contributed by atoms with Crippen molar-refractivity contribution in [3.05, 3.63) is 56.5 Å². The number of rotatable bonds is 8. The molecule has 0 aliphatic rings. The Kier molecular flexibility index (Phi) is 6.87. The molecule has 0 radical (unpaired) electrons. The number of hydrogen-bond donors (Lipinski definition) is 1. The maximum absolute atomic E-state index is 12.5. The summed E-state index contributed by atoms with van der Waals surface area (Å²) in [7, 11) is 2.77. The van der Waals surface area contributed by atoms with Crippen LogP contribution >= 0.6 is 11.3 Å². The topological polar surface area (TPSA) is 157 Å². The van der Waals surface area contributed by atoms with Gasteiger partial charge in [-0.05, 0) is 19.1 Å². The molecule has 4 aromatic heterocycles. The van der Waals surface area contributed by atoms with Gasteiger partial charge in [-0.3, -0.25) is 23.5 Å². The number of aryl methyl sites for hydroxylation is 1. The van der Waals surface area contributed by atoms with Crippen molar-refractivity contribution in [2.24, 2.45) is 14.1 Å². The number of hydrogen-bond acceptors (Lipinski definition) is 10. The van der Waals surface area contributed by atoms with Crippen molar-refractivity contribution >= 4 is 45.3 Å². The van der Waals surface area contributed by atoms with Crippen LogP contribution in [0.1, 0.15) is 17.3 Å². The largest absolute Gasteiger partial charge is 0.464 e. The first-order valence-electron chi connectivity index (χ1n) is 10.6. The van der Waals surface area contributed by atoms with Crippen molar-refractivity contribution in [1.82, 2.24) is 18.7 Å². The van der Waals surface area contributed by atoms with E-state index in [4.69, 9.17) is 13.9 Å². The molecule has 0 unspecified atom stereocenters. The lowest BCUT2D eigenvalue weighted by Gasteiger charge is -2.09. The summed E-state index contributed by atoms with van der Waals surface area (Å²) in [5, 5.41) is 4.41. The Balaban J connectivity index is 1.45. The van der Waals surface area contributed by atoms with Crippen LogP contribution in [0.3, 0.4) is 0 Å². The monoisotopic (exact) mass is 515 g/mol. The summed E-state index contributed by atoms with van der Waals surface area (Å²) in [5.74, 6) is -1.71. The summed E-state index contributed by atoms with van der Waals surface area (Å²) < 4.78 is 18.8. The van der Waals surface area contributed by atoms with Gasteiger partial charge < -0.3 is 23.8 Å². The van der Waals surface area contributed by atoms with Crippen LogP contribution in [0.15, 0.2) is 44.1 Å². The third kappa shape index (κ3) is 4.57. The van der Waals surface area contributed by atoms with Gasteiger partial charge in [0.15, 0.2) is 17.8 Å². The zero-order valence-electron chi connectivity index (χ0n) is 19.5. The van der Waals surface area contributed by atoms with E-state index in [-0.39, 0.29) is 28.3 Å². The van der Waals surface area contributed by atoms with Gasteiger partial charge in [-0.1, -0.05) is 0 Å². The fourth-order valence-electron chi connectivity index (χ4n) is 3.48. The van der Waals surface area contributed by atoms with E-state index >= 15 is 0 Å². The molecule has 4 heterocycles. The molecular weight excluding hydrogens is 494 g/mol. The molecule has 4 rings (SSSR count). The zero-order chi connectivity index (χ0) is 26.0. The predicted octanol–water partition coefficient (Wildman–Crippen LogP) is 1.11. The Hall–Kier alpha value is -4.46. The minimum atomic E-state index is -0.812. The Morgan fingerprint density at radius 2 is 1.94 bits per heavy atom. The number of nitrogens with one attached hydrogen (secondary N) is 1. The minimum Gasteiger partial charge on any atom is -0.464 e. The van der Waals surface area contributed by atoms with Crippen LogP contribution in [-0.4, -0.2) is 49.7 Å². The highest BCUT2D eigenvalue weighted by atomic mass is 32.1. The van der Waals surface area contributed by atoms with E-state index < -0.39 is 42.2 Å². The summed E-state index contributed by atoms with van der Waals surface area (Å²) in [6, 6.07) is 3.34. The first-order chi connectivity index (χ1) is 17.2. The lowest BCUT2D eigenvalue weighted by atomic mass is 10.1. The molecule has 0 atom stereocenters. The van der Waals surface area contributed by atoms with Crippen LogP contribution in [0.5, 0.6) is 0 Å². The van der Waals surface area contributed by atoms with Crippen molar-refractivity contribution in [1.29, 1.82) is 0 Å². The number of carbonyl (C=O) groups excluding carboxylic acids is 3. The number of carbonyl (C=O) groups is 3. The van der Waals surface area contributed by atoms with Crippen LogP contribution in [0, 0.1) is 0 Å². The molecule has 36 heavy (non-hydrogen) atoms. The number of thiophene rings is 1. The maximum atomic E-state index is 12.5. The molecule has 14 heteroatoms. The highest BCUT2D eigenvalue weighted by Gasteiger charge is 2.24. The van der Waals surface area contributed by atoms with E-state index in [0.29, 0.717) is 11.3 Å². The van der Waals surface area contributed by atoms with Crippen molar-refractivity contribution in [3.63, 3.8) is 0 Å². The number of furan rings is 1. The Bertz CT molecular complexity index is 1570. The zero-order valence-corrected chi connectivity index (χ0v) is 20.3. The van der Waals surface area contributed by atoms with Gasteiger partial charge in [-0.2, -0.15) is 0 Å². The molecule has 13 nitrogen and oxygen atoms in total. The predicted molar refractivity (Wildman–Crippen MR) is 128 cm³/mol. The van der Waals surface area contributed by atoms with Gasteiger partial charge >= 0.3 is 17.6 Å². The lowest BCUT2D eigenvalue weighted by molar-refractivity contribution is -0.147. The molecule has 0 bridgehead atoms. The summed E-state index contributed by atoms with van der Waals surface area (Å²) >= 11 is 1.09. The molecular formula is C22H21N5O8S. The highest BCUT2D eigenvalue weighted by Crippen LogP contribution is 2.36. The van der Waals surface area contributed by atoms with Crippen molar-refractivity contribution in [2.45, 2.75) is 13.5 Å². The lowest BCUT2D eigenvalue weighted by Crippen LogP contribution is -2.37. The Morgan fingerprint density at radius 3 is 2.64 bits per heavy atom. The fourth-order valence-corrected chi connectivity index (χ4v) is 4.43. The second-order valence-corrected chi connectivity index (χ2v) is 8.39. The van der Waals surface area contributed by atoms with E-state index in [9.17, 15) is 24.0 Å². The van der Waals surface area contributed by atoms with Crippen LogP contribution in [0.25, 0.3) is 22.5 Å². The van der Waals surface area contributed by atoms with Crippen molar-refractivity contribution in [2.75, 3.05) is 18.5 Å². The third-order valence-corrected chi connectivity index (χ3v) is 6.09. The smallest absolute Gasteiger partial charge is 0.341 e. The second kappa shape index (κ2) is 10.0. The molecule has 0 saturated carbocycles. The molecule has 0 aliphatic heterocycles. The van der Waals surface area contributed by atoms with Crippen molar-refractivity contribution < 1.29 is 28.3 Å². The normalized spacial score (nSPS) is 11.0. The number of amides is 1. The number of anilines is 1. The van der Waals surface area contributed by atoms with Crippen LogP contribution in [0.2, 0.25) is 0 Å². The molecule has 188 valence electrons. The number of esters is 2. The molecule has 1 N–H and O–H groups in total. The summed E-state index contributed by atoms with van der Waals surface area (Å²) in [4.78, 5) is 65.9. The van der Waals surface area contributed by atoms with Crippen LogP contribution in [0.4, 0.5) is 5.00 Å². The number of aromatic nitrogens is 4. The van der Waals surface area contributed by atoms with E-state index in [0.717, 1.165) is 15.9 Å². The maximum Gasteiger partial charge on any atom is 0.341 e. The second-order valence-electron chi connectivity index (χ2n) is 7.51. The molecule has 0 spiro atoms. The first kappa shape index (κ1) is 24.7. The standard InChI is InChI=1S/C22H21N5O8S/c1-4-33-21(31)16-12(13-6-5-7-34-13)10-36-19(16)24-14(28)9-35-15(29)8-27-11-23-18-17(27)20(30)26(3)22(32)25(18)2/h5-7,10-11H,4,8-9H2,1-3H3,(H,24,28). The Labute approximate surface area is 206 Å². The van der Waals surface area contributed by atoms with Gasteiger partial charge in [-0.15, -0.1) is 11.3 Å². The minimum absolute atomic E-state index is 0.0455. The molecule has 0 aliphatic carbocycles. The number of ether oxygens (including phenoxy) is 2. The fraction of sp³-hybridized carbons (Fsp3) is 0.273. The van der Waals surface area contributed by atoms with E-state index in [1.54, 1.807) is 24.4 Å². The van der Waals surface area contributed by atoms with Gasteiger partial charge in [0.2, 0.25) is 0 Å². The van der Waals surface area contributed by atoms with E-state index in [1.807, 2.05) is 0 Å². The van der Waals surface area contributed by atoms with Crippen LogP contribution in [-0.2, 0) is 39.7 Å². The highest BCUT2D eigenvalue weighted by molar-refractivity contribution is 7.15. The molecule has 0 aromatic carbocycles. The number of imidazole rings is 1. The Morgan fingerprint density at radius 1 is 1.17 bits per heavy atom. The summed E-state index contributed by atoms with van der Waals surface area (Å²) in [6.45, 7) is 0.746. The van der Waals surface area contributed by atoms with Crippen LogP contribution < -0.4 is 16.6 Å². The van der Waals surface area contributed by atoms with E-state index in [1.165, 1.54) is 35.8 Å². The first-order valence-corrected chi connectivity index (χ1v) is 11.5. The molecule has 0 fully saturated rings. The number of nitrogens with zero attached hydrogens (tertiary/aromatic N) is 4. The molecule has 0 saturated heterocycles. The van der Waals surface area contributed by atoms with Crippen molar-refractivity contribution in [3.8, 4) is 11.3 Å². The SMILES string of the molecule is CCOC(=O)c1c(-c2ccco2)csc1NC(=O)COC(=O)Cn1cnc2c1c(=O)n(C)c(=O)n2C. The summed E-state index contributed by atoms with van der Waals surface area (Å²) in [5.41, 5.74) is -0.425. The summed E-state index contributed by atoms with van der Waals surface area (Å²) in [6.07, 6.45) is 2.69. The van der Waals surface area contributed by atoms with E-state index in [2.05, 4.69) is 10.3 Å².